The van der Waals surface area contributed by atoms with Crippen molar-refractivity contribution in [2.24, 2.45) is 5.92 Å². The van der Waals surface area contributed by atoms with E-state index in [0.29, 0.717) is 16.7 Å². The molecule has 25 heavy (non-hydrogen) atoms. The van der Waals surface area contributed by atoms with E-state index in [1.165, 1.54) is 0 Å². The van der Waals surface area contributed by atoms with E-state index in [1.54, 1.807) is 48.5 Å². The van der Waals surface area contributed by atoms with Crippen LogP contribution in [0.5, 0.6) is 0 Å². The molecule has 0 spiro atoms. The Morgan fingerprint density at radius 2 is 1.56 bits per heavy atom. The number of rotatable bonds is 6. The summed E-state index contributed by atoms with van der Waals surface area (Å²) >= 11 is 5.22. The van der Waals surface area contributed by atoms with E-state index in [0.717, 1.165) is 17.8 Å². The molecule has 0 saturated heterocycles. The largest absolute Gasteiger partial charge is 0.362 e. The molecule has 7 heteroatoms. The molecule has 2 aromatic rings. The summed E-state index contributed by atoms with van der Waals surface area (Å²) in [5.74, 6) is 0.498. The standard InChI is InChI=1S/C18H23N3O2S2/c1-13(2)12-19-18(24)20-15-6-8-16(9-7-15)21-25(22,23)17-10-4-14(3)5-11-17/h4-11,13,21H,12H2,1-3H3,(H2,19,20,24). The summed E-state index contributed by atoms with van der Waals surface area (Å²) in [6.07, 6.45) is 0. The minimum absolute atomic E-state index is 0.236. The number of thiocarbonyl (C=S) groups is 1. The molecule has 0 aliphatic heterocycles. The van der Waals surface area contributed by atoms with Gasteiger partial charge in [0.05, 0.1) is 4.90 Å². The van der Waals surface area contributed by atoms with Crippen molar-refractivity contribution >= 4 is 38.7 Å². The average Bonchev–Trinajstić information content (AvgIpc) is 2.55. The fourth-order valence-corrected chi connectivity index (χ4v) is 3.29. The molecule has 3 N–H and O–H groups in total. The van der Waals surface area contributed by atoms with E-state index in [2.05, 4.69) is 29.2 Å². The summed E-state index contributed by atoms with van der Waals surface area (Å²) < 4.78 is 27.3. The topological polar surface area (TPSA) is 70.2 Å². The first-order chi connectivity index (χ1) is 11.8. The monoisotopic (exact) mass is 377 g/mol. The average molecular weight is 378 g/mol. The second-order valence-electron chi connectivity index (χ2n) is 6.22. The molecule has 0 atom stereocenters. The first-order valence-corrected chi connectivity index (χ1v) is 9.90. The molecular formula is C18H23N3O2S2. The highest BCUT2D eigenvalue weighted by Gasteiger charge is 2.13. The Hall–Kier alpha value is -2.12. The van der Waals surface area contributed by atoms with Gasteiger partial charge < -0.3 is 10.6 Å². The van der Waals surface area contributed by atoms with E-state index in [4.69, 9.17) is 12.2 Å². The lowest BCUT2D eigenvalue weighted by Gasteiger charge is -2.13. The SMILES string of the molecule is Cc1ccc(S(=O)(=O)Nc2ccc(NC(=S)NCC(C)C)cc2)cc1. The second-order valence-corrected chi connectivity index (χ2v) is 8.32. The predicted molar refractivity (Wildman–Crippen MR) is 107 cm³/mol. The number of anilines is 2. The molecule has 0 fully saturated rings. The zero-order valence-corrected chi connectivity index (χ0v) is 16.2. The molecule has 0 aliphatic rings. The molecule has 0 aromatic heterocycles. The number of aryl methyl sites for hydroxylation is 1. The third-order valence-corrected chi connectivity index (χ3v) is 5.04. The second kappa shape index (κ2) is 8.31. The van der Waals surface area contributed by atoms with Crippen LogP contribution < -0.4 is 15.4 Å². The van der Waals surface area contributed by atoms with E-state index >= 15 is 0 Å². The summed E-state index contributed by atoms with van der Waals surface area (Å²) in [7, 11) is -3.59. The van der Waals surface area contributed by atoms with Crippen LogP contribution in [-0.2, 0) is 10.0 Å². The van der Waals surface area contributed by atoms with Gasteiger partial charge >= 0.3 is 0 Å². The van der Waals surface area contributed by atoms with Crippen LogP contribution in [0.25, 0.3) is 0 Å². The van der Waals surface area contributed by atoms with Gasteiger partial charge in [-0.05, 0) is 61.5 Å². The Bertz CT molecular complexity index is 814. The van der Waals surface area contributed by atoms with Gasteiger partial charge in [0.15, 0.2) is 5.11 Å². The van der Waals surface area contributed by atoms with Crippen LogP contribution in [0.2, 0.25) is 0 Å². The Morgan fingerprint density at radius 1 is 1.00 bits per heavy atom. The van der Waals surface area contributed by atoms with Crippen molar-refractivity contribution < 1.29 is 8.42 Å². The number of benzene rings is 2. The number of sulfonamides is 1. The van der Waals surface area contributed by atoms with Crippen LogP contribution >= 0.6 is 12.2 Å². The van der Waals surface area contributed by atoms with Crippen molar-refractivity contribution in [1.82, 2.24) is 5.32 Å². The van der Waals surface area contributed by atoms with E-state index in [1.807, 2.05) is 6.92 Å². The molecule has 2 rings (SSSR count). The molecule has 0 unspecified atom stereocenters. The Balaban J connectivity index is 2.00. The normalized spacial score (nSPS) is 11.2. The van der Waals surface area contributed by atoms with Gasteiger partial charge in [0, 0.05) is 17.9 Å². The van der Waals surface area contributed by atoms with Gasteiger partial charge in [-0.2, -0.15) is 0 Å². The number of nitrogens with one attached hydrogen (secondary N) is 3. The van der Waals surface area contributed by atoms with Gasteiger partial charge in [0.1, 0.15) is 0 Å². The molecule has 0 heterocycles. The molecule has 0 aliphatic carbocycles. The molecule has 5 nitrogen and oxygen atoms in total. The van der Waals surface area contributed by atoms with Crippen molar-refractivity contribution in [3.8, 4) is 0 Å². The third-order valence-electron chi connectivity index (χ3n) is 3.40. The highest BCUT2D eigenvalue weighted by molar-refractivity contribution is 7.92. The number of hydrogen-bond donors (Lipinski definition) is 3. The van der Waals surface area contributed by atoms with Crippen LogP contribution in [0.3, 0.4) is 0 Å². The first-order valence-electron chi connectivity index (χ1n) is 8.00. The summed E-state index contributed by atoms with van der Waals surface area (Å²) in [6.45, 7) is 6.91. The predicted octanol–water partition coefficient (Wildman–Crippen LogP) is 3.74. The third kappa shape index (κ3) is 6.03. The van der Waals surface area contributed by atoms with Gasteiger partial charge in [0.2, 0.25) is 0 Å². The lowest BCUT2D eigenvalue weighted by atomic mass is 10.2. The molecule has 0 saturated carbocycles. The maximum Gasteiger partial charge on any atom is 0.261 e. The lowest BCUT2D eigenvalue weighted by Crippen LogP contribution is -2.31. The molecule has 0 radical (unpaired) electrons. The fraction of sp³-hybridized carbons (Fsp3) is 0.278. The maximum atomic E-state index is 12.4. The number of hydrogen-bond acceptors (Lipinski definition) is 3. The van der Waals surface area contributed by atoms with E-state index < -0.39 is 10.0 Å². The van der Waals surface area contributed by atoms with Crippen molar-refractivity contribution in [2.45, 2.75) is 25.7 Å². The first kappa shape index (κ1) is 19.2. The summed E-state index contributed by atoms with van der Waals surface area (Å²) in [5.41, 5.74) is 2.29. The lowest BCUT2D eigenvalue weighted by molar-refractivity contribution is 0.601. The van der Waals surface area contributed by atoms with Crippen molar-refractivity contribution in [2.75, 3.05) is 16.6 Å². The summed E-state index contributed by atoms with van der Waals surface area (Å²) in [5, 5.41) is 6.73. The van der Waals surface area contributed by atoms with Crippen LogP contribution in [-0.4, -0.2) is 20.1 Å². The highest BCUT2D eigenvalue weighted by atomic mass is 32.2. The van der Waals surface area contributed by atoms with Gasteiger partial charge in [-0.3, -0.25) is 4.72 Å². The van der Waals surface area contributed by atoms with Gasteiger partial charge in [-0.1, -0.05) is 31.5 Å². The van der Waals surface area contributed by atoms with Gasteiger partial charge in [-0.15, -0.1) is 0 Å². The quantitative estimate of drug-likeness (QED) is 0.669. The zero-order chi connectivity index (χ0) is 18.4. The van der Waals surface area contributed by atoms with Crippen LogP contribution in [0.1, 0.15) is 19.4 Å². The van der Waals surface area contributed by atoms with Crippen LogP contribution in [0, 0.1) is 12.8 Å². The Morgan fingerprint density at radius 3 is 2.12 bits per heavy atom. The van der Waals surface area contributed by atoms with Gasteiger partial charge in [0.25, 0.3) is 10.0 Å². The molecule has 134 valence electrons. The highest BCUT2D eigenvalue weighted by Crippen LogP contribution is 2.18. The van der Waals surface area contributed by atoms with Crippen molar-refractivity contribution in [1.29, 1.82) is 0 Å². The molecule has 0 amide bonds. The minimum atomic E-state index is -3.59. The Kier molecular flexibility index (Phi) is 6.39. The zero-order valence-electron chi connectivity index (χ0n) is 14.5. The minimum Gasteiger partial charge on any atom is -0.362 e. The molecular weight excluding hydrogens is 354 g/mol. The van der Waals surface area contributed by atoms with Gasteiger partial charge in [-0.25, -0.2) is 8.42 Å². The fourth-order valence-electron chi connectivity index (χ4n) is 2.03. The summed E-state index contributed by atoms with van der Waals surface area (Å²) in [4.78, 5) is 0.236. The van der Waals surface area contributed by atoms with Crippen LogP contribution in [0.4, 0.5) is 11.4 Å². The summed E-state index contributed by atoms with van der Waals surface area (Å²) in [6, 6.07) is 13.7. The smallest absolute Gasteiger partial charge is 0.261 e. The Labute approximate surface area is 154 Å². The molecule has 0 bridgehead atoms. The maximum absolute atomic E-state index is 12.4. The van der Waals surface area contributed by atoms with E-state index in [9.17, 15) is 8.42 Å². The van der Waals surface area contributed by atoms with Crippen molar-refractivity contribution in [3.05, 3.63) is 54.1 Å². The van der Waals surface area contributed by atoms with E-state index in [-0.39, 0.29) is 4.90 Å². The van der Waals surface area contributed by atoms with Crippen LogP contribution in [0.15, 0.2) is 53.4 Å². The van der Waals surface area contributed by atoms with Crippen molar-refractivity contribution in [3.63, 3.8) is 0 Å². The molecule has 2 aromatic carbocycles.